The summed E-state index contributed by atoms with van der Waals surface area (Å²) in [5.41, 5.74) is 4.18. The fourth-order valence-electron chi connectivity index (χ4n) is 5.17. The van der Waals surface area contributed by atoms with Gasteiger partial charge in [-0.25, -0.2) is 0 Å². The quantitative estimate of drug-likeness (QED) is 0.277. The lowest BCUT2D eigenvalue weighted by Crippen LogP contribution is -2.39. The van der Waals surface area contributed by atoms with Crippen LogP contribution in [-0.2, 0) is 16.1 Å². The molecule has 9 nitrogen and oxygen atoms in total. The number of fused-ring (bicyclic) bond motifs is 1. The first-order chi connectivity index (χ1) is 18.4. The minimum atomic E-state index is -0.770. The third-order valence-corrected chi connectivity index (χ3v) is 7.22. The van der Waals surface area contributed by atoms with Crippen LogP contribution in [0.4, 0.5) is 17.1 Å². The van der Waals surface area contributed by atoms with E-state index >= 15 is 0 Å². The van der Waals surface area contributed by atoms with Crippen LogP contribution in [0.5, 0.6) is 0 Å². The highest BCUT2D eigenvalue weighted by molar-refractivity contribution is 6.24. The number of piperidine rings is 1. The second kappa shape index (κ2) is 10.9. The first-order valence-corrected chi connectivity index (χ1v) is 12.7. The summed E-state index contributed by atoms with van der Waals surface area (Å²) in [7, 11) is 1.68. The van der Waals surface area contributed by atoms with Crippen molar-refractivity contribution in [3.63, 3.8) is 0 Å². The smallest absolute Gasteiger partial charge is 0.269 e. The molecule has 2 heterocycles. The van der Waals surface area contributed by atoms with Gasteiger partial charge in [-0.2, -0.15) is 0 Å². The Morgan fingerprint density at radius 2 is 1.79 bits per heavy atom. The number of hydrogen-bond acceptors (Lipinski definition) is 6. The number of likely N-dealkylation sites (tertiary alicyclic amines) is 1. The lowest BCUT2D eigenvalue weighted by Gasteiger charge is -2.31. The molecule has 1 unspecified atom stereocenters. The molecule has 0 aliphatic carbocycles. The number of nitrogens with one attached hydrogen (secondary N) is 2. The van der Waals surface area contributed by atoms with Crippen LogP contribution in [0.25, 0.3) is 0 Å². The molecule has 5 rings (SSSR count). The van der Waals surface area contributed by atoms with Gasteiger partial charge in [0.1, 0.15) is 5.92 Å². The molecule has 2 aliphatic heterocycles. The van der Waals surface area contributed by atoms with Gasteiger partial charge in [0.05, 0.1) is 16.3 Å². The molecule has 0 radical (unpaired) electrons. The molecule has 38 heavy (non-hydrogen) atoms. The molecule has 2 amide bonds. The summed E-state index contributed by atoms with van der Waals surface area (Å²) < 4.78 is 0. The fraction of sp³-hybridized carbons (Fsp3) is 0.276. The molecule has 3 aromatic rings. The molecule has 9 heteroatoms. The highest BCUT2D eigenvalue weighted by atomic mass is 16.6. The predicted molar refractivity (Wildman–Crippen MR) is 146 cm³/mol. The van der Waals surface area contributed by atoms with E-state index in [1.165, 1.54) is 12.1 Å². The topological polar surface area (TPSA) is 117 Å². The van der Waals surface area contributed by atoms with Crippen LogP contribution in [0, 0.1) is 16.0 Å². The van der Waals surface area contributed by atoms with Gasteiger partial charge in [0, 0.05) is 42.9 Å². The van der Waals surface area contributed by atoms with Gasteiger partial charge in [0.15, 0.2) is 0 Å². The zero-order valence-corrected chi connectivity index (χ0v) is 21.1. The summed E-state index contributed by atoms with van der Waals surface area (Å²) in [5.74, 6) is -0.827. The summed E-state index contributed by atoms with van der Waals surface area (Å²) in [4.78, 5) is 43.2. The number of nitrogens with zero attached hydrogens (tertiary/aromatic N) is 3. The number of amides is 2. The van der Waals surface area contributed by atoms with E-state index < -0.39 is 10.8 Å². The summed E-state index contributed by atoms with van der Waals surface area (Å²) in [6, 6.07) is 21.7. The molecule has 1 saturated heterocycles. The maximum atomic E-state index is 13.1. The number of aliphatic imine (C=N–C) groups is 1. The van der Waals surface area contributed by atoms with E-state index in [2.05, 4.69) is 15.5 Å². The monoisotopic (exact) mass is 511 g/mol. The molecule has 0 bridgehead atoms. The molecule has 0 spiro atoms. The van der Waals surface area contributed by atoms with Gasteiger partial charge in [-0.1, -0.05) is 42.5 Å². The number of nitro groups is 1. The first kappa shape index (κ1) is 25.3. The van der Waals surface area contributed by atoms with Crippen LogP contribution >= 0.6 is 0 Å². The maximum Gasteiger partial charge on any atom is 0.269 e. The van der Waals surface area contributed by atoms with E-state index in [1.54, 1.807) is 13.1 Å². The van der Waals surface area contributed by atoms with Gasteiger partial charge < -0.3 is 10.6 Å². The average Bonchev–Trinajstić information content (AvgIpc) is 3.27. The SMILES string of the molecule is CNC(=O)C1CCN(Cc2ccc(N=C(c3ccccc3)C3C(=O)Nc4ccc([N+](=O)[O-])cc43)cc2)CC1. The molecular formula is C29H29N5O4. The number of hydrogen-bond donors (Lipinski definition) is 2. The van der Waals surface area contributed by atoms with E-state index in [4.69, 9.17) is 4.99 Å². The Kier molecular flexibility index (Phi) is 7.28. The Morgan fingerprint density at radius 3 is 2.45 bits per heavy atom. The molecule has 2 aliphatic rings. The Bertz CT molecular complexity index is 1380. The van der Waals surface area contributed by atoms with Crippen molar-refractivity contribution in [2.24, 2.45) is 10.9 Å². The van der Waals surface area contributed by atoms with Crippen LogP contribution < -0.4 is 10.6 Å². The second-order valence-electron chi connectivity index (χ2n) is 9.65. The summed E-state index contributed by atoms with van der Waals surface area (Å²) in [6.45, 7) is 2.54. The van der Waals surface area contributed by atoms with Crippen molar-refractivity contribution in [3.8, 4) is 0 Å². The van der Waals surface area contributed by atoms with Crippen molar-refractivity contribution < 1.29 is 14.5 Å². The average molecular weight is 512 g/mol. The van der Waals surface area contributed by atoms with Crippen molar-refractivity contribution in [1.29, 1.82) is 0 Å². The lowest BCUT2D eigenvalue weighted by atomic mass is 9.90. The van der Waals surface area contributed by atoms with Gasteiger partial charge in [-0.3, -0.25) is 29.6 Å². The predicted octanol–water partition coefficient (Wildman–Crippen LogP) is 4.41. The van der Waals surface area contributed by atoms with Crippen molar-refractivity contribution in [1.82, 2.24) is 10.2 Å². The highest BCUT2D eigenvalue weighted by Crippen LogP contribution is 2.38. The summed E-state index contributed by atoms with van der Waals surface area (Å²) in [5, 5.41) is 17.0. The summed E-state index contributed by atoms with van der Waals surface area (Å²) in [6.07, 6.45) is 1.71. The van der Waals surface area contributed by atoms with E-state index in [-0.39, 0.29) is 23.4 Å². The number of benzene rings is 3. The van der Waals surface area contributed by atoms with Gasteiger partial charge in [0.25, 0.3) is 5.69 Å². The molecule has 0 aromatic heterocycles. The first-order valence-electron chi connectivity index (χ1n) is 12.7. The minimum absolute atomic E-state index is 0.0682. The van der Waals surface area contributed by atoms with Gasteiger partial charge in [0.2, 0.25) is 11.8 Å². The third-order valence-electron chi connectivity index (χ3n) is 7.22. The summed E-state index contributed by atoms with van der Waals surface area (Å²) >= 11 is 0. The van der Waals surface area contributed by atoms with Crippen LogP contribution in [0.1, 0.15) is 35.4 Å². The molecule has 2 N–H and O–H groups in total. The number of carbonyl (C=O) groups excluding carboxylic acids is 2. The number of anilines is 1. The Labute approximate surface area is 220 Å². The molecule has 1 atom stereocenters. The van der Waals surface area contributed by atoms with Crippen molar-refractivity contribution in [2.75, 3.05) is 25.5 Å². The molecule has 1 fully saturated rings. The molecule has 194 valence electrons. The molecular weight excluding hydrogens is 482 g/mol. The van der Waals surface area contributed by atoms with E-state index in [9.17, 15) is 19.7 Å². The number of carbonyl (C=O) groups is 2. The van der Waals surface area contributed by atoms with Crippen LogP contribution in [0.15, 0.2) is 77.8 Å². The van der Waals surface area contributed by atoms with E-state index in [0.717, 1.165) is 43.6 Å². The Balaban J connectivity index is 1.40. The minimum Gasteiger partial charge on any atom is -0.359 e. The van der Waals surface area contributed by atoms with Crippen LogP contribution in [0.2, 0.25) is 0 Å². The number of non-ortho nitro benzene ring substituents is 1. The molecule has 0 saturated carbocycles. The second-order valence-corrected chi connectivity index (χ2v) is 9.65. The van der Waals surface area contributed by atoms with E-state index in [0.29, 0.717) is 22.6 Å². The largest absolute Gasteiger partial charge is 0.359 e. The van der Waals surface area contributed by atoms with Crippen molar-refractivity contribution in [3.05, 3.63) is 99.6 Å². The highest BCUT2D eigenvalue weighted by Gasteiger charge is 2.36. The normalized spacial score (nSPS) is 18.1. The zero-order chi connectivity index (χ0) is 26.6. The lowest BCUT2D eigenvalue weighted by molar-refractivity contribution is -0.384. The molecule has 3 aromatic carbocycles. The van der Waals surface area contributed by atoms with Gasteiger partial charge in [-0.05, 0) is 55.3 Å². The van der Waals surface area contributed by atoms with Crippen molar-refractivity contribution >= 4 is 34.6 Å². The van der Waals surface area contributed by atoms with Gasteiger partial charge >= 0.3 is 0 Å². The third kappa shape index (κ3) is 5.33. The fourth-order valence-corrected chi connectivity index (χ4v) is 5.17. The van der Waals surface area contributed by atoms with Crippen LogP contribution in [0.3, 0.4) is 0 Å². The number of rotatable bonds is 7. The number of nitro benzene ring substituents is 1. The Morgan fingerprint density at radius 1 is 1.08 bits per heavy atom. The Hall–Kier alpha value is -4.37. The van der Waals surface area contributed by atoms with Crippen molar-refractivity contribution in [2.45, 2.75) is 25.3 Å². The standard InChI is InChI=1S/C29H29N5O4/c1-30-28(35)21-13-15-33(16-14-21)18-19-7-9-22(10-8-19)31-27(20-5-3-2-4-6-20)26-24-17-23(34(37)38)11-12-25(24)32-29(26)36/h2-12,17,21,26H,13-16,18H2,1H3,(H,30,35)(H,32,36). The van der Waals surface area contributed by atoms with E-state index in [1.807, 2.05) is 54.6 Å². The zero-order valence-electron chi connectivity index (χ0n) is 21.1. The maximum absolute atomic E-state index is 13.1. The van der Waals surface area contributed by atoms with Crippen LogP contribution in [-0.4, -0.2) is 47.5 Å². The van der Waals surface area contributed by atoms with Gasteiger partial charge in [-0.15, -0.1) is 0 Å².